The lowest BCUT2D eigenvalue weighted by Gasteiger charge is -2.47. The molecular weight excluding hydrogens is 242 g/mol. The van der Waals surface area contributed by atoms with Crippen LogP contribution in [0.4, 0.5) is 0 Å². The zero-order valence-electron chi connectivity index (χ0n) is 11.1. The molecule has 0 bridgehead atoms. The van der Waals surface area contributed by atoms with E-state index in [2.05, 4.69) is 0 Å². The summed E-state index contributed by atoms with van der Waals surface area (Å²) in [5.41, 5.74) is 1.10. The number of likely N-dealkylation sites (N-methyl/N-ethyl adjacent to an activating group) is 1. The second-order valence-electron chi connectivity index (χ2n) is 5.34. The Labute approximate surface area is 112 Å². The van der Waals surface area contributed by atoms with Crippen molar-refractivity contribution in [2.45, 2.75) is 31.5 Å². The quantitative estimate of drug-likeness (QED) is 0.750. The van der Waals surface area contributed by atoms with E-state index in [9.17, 15) is 10.0 Å². The SMILES string of the molecule is CN1C(Cc2ccccc2)C(=O)N2CCCC2[NH+]1[O-]. The smallest absolute Gasteiger partial charge is 0.250 e. The van der Waals surface area contributed by atoms with Gasteiger partial charge in [-0.2, -0.15) is 0 Å². The fourth-order valence-electron chi connectivity index (χ4n) is 3.09. The van der Waals surface area contributed by atoms with Gasteiger partial charge in [0, 0.05) is 26.4 Å². The molecule has 1 aromatic carbocycles. The van der Waals surface area contributed by atoms with Crippen molar-refractivity contribution in [1.29, 1.82) is 0 Å². The van der Waals surface area contributed by atoms with Gasteiger partial charge in [0.05, 0.1) is 0 Å². The summed E-state index contributed by atoms with van der Waals surface area (Å²) in [6.45, 7) is 0.731. The highest BCUT2D eigenvalue weighted by molar-refractivity contribution is 5.82. The van der Waals surface area contributed by atoms with Crippen molar-refractivity contribution in [2.24, 2.45) is 0 Å². The average molecular weight is 261 g/mol. The number of quaternary nitrogens is 1. The molecule has 5 heteroatoms. The molecule has 0 aromatic heterocycles. The van der Waals surface area contributed by atoms with Crippen molar-refractivity contribution in [3.05, 3.63) is 41.1 Å². The van der Waals surface area contributed by atoms with Crippen LogP contribution in [0.2, 0.25) is 0 Å². The standard InChI is InChI=1S/C14H19N3O2/c1-15-12(10-11-6-3-2-4-7-11)14(18)16-9-5-8-13(16)17(15)19/h2-4,6-7,12-13,17H,5,8-10H2,1H3. The van der Waals surface area contributed by atoms with Gasteiger partial charge in [0.2, 0.25) is 5.91 Å². The first-order valence-corrected chi connectivity index (χ1v) is 6.79. The number of nitrogens with one attached hydrogen (secondary N) is 1. The van der Waals surface area contributed by atoms with Gasteiger partial charge in [-0.1, -0.05) is 30.3 Å². The van der Waals surface area contributed by atoms with Crippen LogP contribution in [0, 0.1) is 5.21 Å². The Morgan fingerprint density at radius 3 is 2.84 bits per heavy atom. The Morgan fingerprint density at radius 2 is 2.11 bits per heavy atom. The number of benzene rings is 1. The van der Waals surface area contributed by atoms with Gasteiger partial charge in [-0.25, -0.2) is 0 Å². The molecule has 3 rings (SSSR count). The van der Waals surface area contributed by atoms with Crippen LogP contribution in [0.1, 0.15) is 18.4 Å². The van der Waals surface area contributed by atoms with Gasteiger partial charge in [0.25, 0.3) is 0 Å². The molecule has 1 aromatic rings. The average Bonchev–Trinajstić information content (AvgIpc) is 2.92. The zero-order chi connectivity index (χ0) is 13.4. The molecule has 102 valence electrons. The number of carbonyl (C=O) groups is 1. The highest BCUT2D eigenvalue weighted by atomic mass is 16.6. The lowest BCUT2D eigenvalue weighted by Crippen LogP contribution is -3.21. The molecule has 0 saturated carbocycles. The Balaban J connectivity index is 1.82. The third-order valence-corrected chi connectivity index (χ3v) is 4.19. The van der Waals surface area contributed by atoms with Crippen LogP contribution in [0.5, 0.6) is 0 Å². The van der Waals surface area contributed by atoms with Gasteiger partial charge >= 0.3 is 0 Å². The maximum Gasteiger partial charge on any atom is 0.250 e. The molecule has 2 heterocycles. The first kappa shape index (κ1) is 12.6. The minimum absolute atomic E-state index is 0.0954. The molecule has 5 nitrogen and oxygen atoms in total. The highest BCUT2D eigenvalue weighted by Crippen LogP contribution is 2.20. The van der Waals surface area contributed by atoms with Gasteiger partial charge in [-0.05, 0) is 12.0 Å². The number of fused-ring (bicyclic) bond motifs is 1. The third kappa shape index (κ3) is 2.14. The van der Waals surface area contributed by atoms with E-state index in [-0.39, 0.29) is 23.3 Å². The minimum atomic E-state index is -0.343. The number of nitrogens with zero attached hydrogens (tertiary/aromatic N) is 2. The summed E-state index contributed by atoms with van der Waals surface area (Å²) >= 11 is 0. The van der Waals surface area contributed by atoms with Gasteiger partial charge in [0.15, 0.2) is 6.17 Å². The molecule has 2 saturated heterocycles. The van der Waals surface area contributed by atoms with Crippen LogP contribution in [-0.2, 0) is 11.2 Å². The molecule has 0 spiro atoms. The highest BCUT2D eigenvalue weighted by Gasteiger charge is 2.46. The summed E-state index contributed by atoms with van der Waals surface area (Å²) in [6, 6.07) is 9.54. The van der Waals surface area contributed by atoms with Gasteiger partial charge in [-0.3, -0.25) is 14.9 Å². The van der Waals surface area contributed by atoms with Crippen molar-refractivity contribution in [1.82, 2.24) is 9.91 Å². The predicted molar refractivity (Wildman–Crippen MR) is 70.8 cm³/mol. The second kappa shape index (κ2) is 4.92. The Kier molecular flexibility index (Phi) is 3.26. The lowest BCUT2D eigenvalue weighted by molar-refractivity contribution is -1.01. The fourth-order valence-corrected chi connectivity index (χ4v) is 3.09. The molecule has 3 atom stereocenters. The van der Waals surface area contributed by atoms with E-state index in [4.69, 9.17) is 0 Å². The Bertz CT molecular complexity index is 465. The molecule has 2 aliphatic heterocycles. The van der Waals surface area contributed by atoms with E-state index in [1.807, 2.05) is 30.3 Å². The van der Waals surface area contributed by atoms with Crippen LogP contribution < -0.4 is 5.17 Å². The Morgan fingerprint density at radius 1 is 1.37 bits per heavy atom. The van der Waals surface area contributed by atoms with Crippen molar-refractivity contribution >= 4 is 5.91 Å². The molecule has 1 amide bonds. The summed E-state index contributed by atoms with van der Waals surface area (Å²) < 4.78 is 0. The van der Waals surface area contributed by atoms with Crippen molar-refractivity contribution in [3.63, 3.8) is 0 Å². The van der Waals surface area contributed by atoms with E-state index in [1.165, 1.54) is 0 Å². The molecule has 1 N–H and O–H groups in total. The molecule has 2 fully saturated rings. The fraction of sp³-hybridized carbons (Fsp3) is 0.500. The van der Waals surface area contributed by atoms with E-state index in [0.29, 0.717) is 6.42 Å². The Hall–Kier alpha value is -1.43. The largest absolute Gasteiger partial charge is 0.611 e. The number of carbonyl (C=O) groups excluding carboxylic acids is 1. The van der Waals surface area contributed by atoms with Gasteiger partial charge < -0.3 is 5.21 Å². The van der Waals surface area contributed by atoms with E-state index in [1.54, 1.807) is 17.0 Å². The van der Waals surface area contributed by atoms with Crippen molar-refractivity contribution in [2.75, 3.05) is 13.6 Å². The van der Waals surface area contributed by atoms with E-state index < -0.39 is 0 Å². The maximum atomic E-state index is 12.5. The maximum absolute atomic E-state index is 12.5. The molecule has 0 aliphatic carbocycles. The van der Waals surface area contributed by atoms with E-state index in [0.717, 1.165) is 24.9 Å². The van der Waals surface area contributed by atoms with Crippen LogP contribution in [0.15, 0.2) is 30.3 Å². The van der Waals surface area contributed by atoms with Gasteiger partial charge in [0.1, 0.15) is 6.04 Å². The first-order chi connectivity index (χ1) is 9.18. The normalized spacial score (nSPS) is 31.6. The predicted octanol–water partition coefficient (Wildman–Crippen LogP) is -0.211. The molecule has 0 radical (unpaired) electrons. The zero-order valence-corrected chi connectivity index (χ0v) is 11.1. The first-order valence-electron chi connectivity index (χ1n) is 6.79. The van der Waals surface area contributed by atoms with Crippen molar-refractivity contribution < 1.29 is 9.97 Å². The monoisotopic (exact) mass is 261 g/mol. The van der Waals surface area contributed by atoms with Crippen LogP contribution in [0.25, 0.3) is 0 Å². The van der Waals surface area contributed by atoms with Crippen molar-refractivity contribution in [3.8, 4) is 0 Å². The number of rotatable bonds is 2. The summed E-state index contributed by atoms with van der Waals surface area (Å²) in [5, 5.41) is 14.0. The minimum Gasteiger partial charge on any atom is -0.611 e. The van der Waals surface area contributed by atoms with Crippen LogP contribution >= 0.6 is 0 Å². The number of amides is 1. The topological polar surface area (TPSA) is 51.1 Å². The summed E-state index contributed by atoms with van der Waals surface area (Å²) in [4.78, 5) is 14.3. The third-order valence-electron chi connectivity index (χ3n) is 4.19. The van der Waals surface area contributed by atoms with Gasteiger partial charge in [-0.15, -0.1) is 5.01 Å². The van der Waals surface area contributed by atoms with Crippen LogP contribution in [0.3, 0.4) is 0 Å². The molecule has 2 aliphatic rings. The summed E-state index contributed by atoms with van der Waals surface area (Å²) in [6.07, 6.45) is 2.15. The lowest BCUT2D eigenvalue weighted by atomic mass is 10.0. The summed E-state index contributed by atoms with van der Waals surface area (Å²) in [7, 11) is 1.75. The molecular formula is C14H19N3O2. The van der Waals surface area contributed by atoms with Crippen LogP contribution in [-0.4, -0.2) is 41.6 Å². The number of hydrogen-bond acceptors (Lipinski definition) is 3. The molecule has 19 heavy (non-hydrogen) atoms. The van der Waals surface area contributed by atoms with E-state index >= 15 is 0 Å². The number of hydrogen-bond donors (Lipinski definition) is 1. The molecule has 3 unspecified atom stereocenters. The second-order valence-corrected chi connectivity index (χ2v) is 5.34. The number of hydroxylamine groups is 1. The summed E-state index contributed by atoms with van der Waals surface area (Å²) in [5.74, 6) is 0.105.